The van der Waals surface area contributed by atoms with Gasteiger partial charge in [-0.05, 0) is 72.5 Å². The number of nitrogens with one attached hydrogen (secondary N) is 4. The summed E-state index contributed by atoms with van der Waals surface area (Å²) in [5.41, 5.74) is 0.818. The molecule has 47 heavy (non-hydrogen) atoms. The Morgan fingerprint density at radius 1 is 0.936 bits per heavy atom. The van der Waals surface area contributed by atoms with E-state index in [2.05, 4.69) is 21.3 Å². The van der Waals surface area contributed by atoms with Gasteiger partial charge in [-0.3, -0.25) is 14.4 Å². The molecule has 0 saturated carbocycles. The van der Waals surface area contributed by atoms with E-state index in [0.717, 1.165) is 12.1 Å². The molecule has 0 aliphatic carbocycles. The van der Waals surface area contributed by atoms with Crippen molar-refractivity contribution in [3.05, 3.63) is 77.1 Å². The number of hydrogen-bond donors (Lipinski definition) is 5. The number of carboxylic acid groups (broad SMARTS) is 1. The topological polar surface area (TPSA) is 189 Å². The average molecular weight is 691 g/mol. The Morgan fingerprint density at radius 3 is 2.30 bits per heavy atom. The van der Waals surface area contributed by atoms with E-state index in [4.69, 9.17) is 21.1 Å². The highest BCUT2D eigenvalue weighted by Crippen LogP contribution is 2.35. The van der Waals surface area contributed by atoms with E-state index in [-0.39, 0.29) is 40.4 Å². The van der Waals surface area contributed by atoms with Crippen molar-refractivity contribution in [3.63, 3.8) is 0 Å². The number of hydrogen-bond acceptors (Lipinski definition) is 8. The second kappa shape index (κ2) is 15.1. The molecule has 250 valence electrons. The zero-order valence-electron chi connectivity index (χ0n) is 25.2. The zero-order valence-corrected chi connectivity index (χ0v) is 26.8. The molecular weight excluding hydrogens is 659 g/mol. The minimum Gasteiger partial charge on any atom is -0.481 e. The van der Waals surface area contributed by atoms with E-state index >= 15 is 0 Å². The molecule has 0 radical (unpaired) electrons. The van der Waals surface area contributed by atoms with E-state index < -0.39 is 63.7 Å². The van der Waals surface area contributed by atoms with Gasteiger partial charge in [-0.2, -0.15) is 0 Å². The molecule has 5 N–H and O–H groups in total. The van der Waals surface area contributed by atoms with Crippen LogP contribution < -0.4 is 30.7 Å². The van der Waals surface area contributed by atoms with Crippen LogP contribution in [0.15, 0.2) is 65.6 Å². The van der Waals surface area contributed by atoms with Crippen molar-refractivity contribution < 1.29 is 46.6 Å². The molecule has 0 spiro atoms. The van der Waals surface area contributed by atoms with Gasteiger partial charge in [-0.15, -0.1) is 0 Å². The van der Waals surface area contributed by atoms with Gasteiger partial charge < -0.3 is 35.8 Å². The number of amides is 4. The van der Waals surface area contributed by atoms with Crippen LogP contribution in [0.3, 0.4) is 0 Å². The van der Waals surface area contributed by atoms with Crippen molar-refractivity contribution in [2.45, 2.75) is 43.7 Å². The Labute approximate surface area is 274 Å². The Kier molecular flexibility index (Phi) is 11.3. The lowest BCUT2D eigenvalue weighted by atomic mass is 10.00. The number of carbonyl (C=O) groups excluding carboxylic acids is 3. The summed E-state index contributed by atoms with van der Waals surface area (Å²) in [6, 6.07) is 10.3. The molecule has 0 saturated heterocycles. The van der Waals surface area contributed by atoms with Crippen LogP contribution in [0.2, 0.25) is 5.02 Å². The third-order valence-electron chi connectivity index (χ3n) is 6.82. The molecule has 1 aliphatic heterocycles. The SMILES string of the molecule is CC(C)CC(NC(=O)CS(=O)(=O)c1ccc(NC(=O)Nc2ccc(F)cc2Cl)cc1)C(=O)NC(CC(=O)O)c1ccc2c(c1)OCO2. The van der Waals surface area contributed by atoms with Crippen molar-refractivity contribution >= 4 is 56.6 Å². The Balaban J connectivity index is 1.39. The lowest BCUT2D eigenvalue weighted by Crippen LogP contribution is -2.49. The van der Waals surface area contributed by atoms with Crippen molar-refractivity contribution in [2.24, 2.45) is 5.92 Å². The fraction of sp³-hybridized carbons (Fsp3) is 0.290. The fourth-order valence-corrected chi connectivity index (χ4v) is 6.01. The summed E-state index contributed by atoms with van der Waals surface area (Å²) in [6.45, 7) is 3.62. The van der Waals surface area contributed by atoms with E-state index in [1.807, 2.05) is 0 Å². The quantitative estimate of drug-likeness (QED) is 0.172. The lowest BCUT2D eigenvalue weighted by molar-refractivity contribution is -0.138. The highest BCUT2D eigenvalue weighted by atomic mass is 35.5. The molecule has 3 aromatic rings. The molecule has 3 aromatic carbocycles. The number of rotatable bonds is 13. The maximum absolute atomic E-state index is 13.3. The molecule has 4 amide bonds. The van der Waals surface area contributed by atoms with Crippen LogP contribution in [0, 0.1) is 11.7 Å². The highest BCUT2D eigenvalue weighted by Gasteiger charge is 2.29. The van der Waals surface area contributed by atoms with E-state index in [1.165, 1.54) is 30.3 Å². The number of ether oxygens (including phenoxy) is 2. The monoisotopic (exact) mass is 690 g/mol. The maximum Gasteiger partial charge on any atom is 0.323 e. The fourth-order valence-electron chi connectivity index (χ4n) is 4.64. The third-order valence-corrected chi connectivity index (χ3v) is 8.77. The van der Waals surface area contributed by atoms with Crippen LogP contribution in [0.5, 0.6) is 11.5 Å². The first-order chi connectivity index (χ1) is 22.2. The van der Waals surface area contributed by atoms with Crippen molar-refractivity contribution in [1.29, 1.82) is 0 Å². The van der Waals surface area contributed by atoms with Crippen molar-refractivity contribution in [3.8, 4) is 11.5 Å². The molecule has 2 unspecified atom stereocenters. The average Bonchev–Trinajstić information content (AvgIpc) is 3.45. The summed E-state index contributed by atoms with van der Waals surface area (Å²) in [5, 5.41) is 19.5. The Bertz CT molecular complexity index is 1770. The first-order valence-corrected chi connectivity index (χ1v) is 16.3. The summed E-state index contributed by atoms with van der Waals surface area (Å²) in [4.78, 5) is 50.0. The van der Waals surface area contributed by atoms with E-state index in [1.54, 1.807) is 32.0 Å². The van der Waals surface area contributed by atoms with E-state index in [9.17, 15) is 37.1 Å². The number of sulfone groups is 1. The van der Waals surface area contributed by atoms with Gasteiger partial charge in [-0.1, -0.05) is 31.5 Å². The summed E-state index contributed by atoms with van der Waals surface area (Å²) < 4.78 is 50.0. The van der Waals surface area contributed by atoms with Crippen LogP contribution in [0.4, 0.5) is 20.6 Å². The highest BCUT2D eigenvalue weighted by molar-refractivity contribution is 7.92. The van der Waals surface area contributed by atoms with Crippen LogP contribution in [0.25, 0.3) is 0 Å². The molecule has 0 fully saturated rings. The smallest absolute Gasteiger partial charge is 0.323 e. The molecular formula is C31H32ClFN4O9S. The third kappa shape index (κ3) is 9.80. The molecule has 2 atom stereocenters. The Hall–Kier alpha value is -4.89. The minimum absolute atomic E-state index is 0.00685. The largest absolute Gasteiger partial charge is 0.481 e. The van der Waals surface area contributed by atoms with Crippen LogP contribution in [0.1, 0.15) is 38.3 Å². The van der Waals surface area contributed by atoms with Crippen molar-refractivity contribution in [2.75, 3.05) is 23.2 Å². The van der Waals surface area contributed by atoms with Gasteiger partial charge in [0.1, 0.15) is 17.6 Å². The van der Waals surface area contributed by atoms with Gasteiger partial charge in [0.15, 0.2) is 21.3 Å². The van der Waals surface area contributed by atoms with Crippen LogP contribution in [-0.4, -0.2) is 55.9 Å². The van der Waals surface area contributed by atoms with Gasteiger partial charge in [-0.25, -0.2) is 17.6 Å². The van der Waals surface area contributed by atoms with Gasteiger partial charge in [0, 0.05) is 5.69 Å². The predicted molar refractivity (Wildman–Crippen MR) is 170 cm³/mol. The van der Waals surface area contributed by atoms with Gasteiger partial charge in [0.2, 0.25) is 18.6 Å². The van der Waals surface area contributed by atoms with Gasteiger partial charge in [0.25, 0.3) is 0 Å². The van der Waals surface area contributed by atoms with Crippen molar-refractivity contribution in [1.82, 2.24) is 10.6 Å². The first-order valence-electron chi connectivity index (χ1n) is 14.3. The number of benzene rings is 3. The predicted octanol–water partition coefficient (Wildman–Crippen LogP) is 4.49. The second-order valence-electron chi connectivity index (χ2n) is 11.0. The summed E-state index contributed by atoms with van der Waals surface area (Å²) in [6.07, 6.45) is -0.321. The van der Waals surface area contributed by atoms with Gasteiger partial charge >= 0.3 is 12.0 Å². The molecule has 13 nitrogen and oxygen atoms in total. The molecule has 1 heterocycles. The maximum atomic E-state index is 13.3. The molecule has 4 rings (SSSR count). The first kappa shape index (κ1) is 35.0. The van der Waals surface area contributed by atoms with E-state index in [0.29, 0.717) is 17.1 Å². The zero-order chi connectivity index (χ0) is 34.3. The number of halogens is 2. The number of aliphatic carboxylic acids is 1. The number of urea groups is 1. The van der Waals surface area contributed by atoms with Crippen LogP contribution in [-0.2, 0) is 24.2 Å². The normalized spacial score (nSPS) is 13.4. The molecule has 0 aromatic heterocycles. The minimum atomic E-state index is -4.18. The number of carbonyl (C=O) groups is 4. The number of carboxylic acids is 1. The standard InChI is InChI=1S/C31H32ClFN4O9S/c1-17(2)11-25(30(41)36-24(14-29(39)40)18-3-10-26-27(12-18)46-16-45-26)35-28(38)15-47(43,44)21-7-5-20(6-8-21)34-31(42)37-23-9-4-19(33)13-22(23)32/h3-10,12-13,17,24-25H,11,14-16H2,1-2H3,(H,35,38)(H,36,41)(H,39,40)(H2,34,37,42). The summed E-state index contributed by atoms with van der Waals surface area (Å²) in [5.74, 6) is -3.59. The number of fused-ring (bicyclic) bond motifs is 1. The Morgan fingerprint density at radius 2 is 1.64 bits per heavy atom. The summed E-state index contributed by atoms with van der Waals surface area (Å²) >= 11 is 5.91. The molecule has 1 aliphatic rings. The molecule has 0 bridgehead atoms. The van der Waals surface area contributed by atoms with Gasteiger partial charge in [0.05, 0.1) is 28.1 Å². The second-order valence-corrected chi connectivity index (χ2v) is 13.4. The van der Waals surface area contributed by atoms with Crippen LogP contribution >= 0.6 is 11.6 Å². The lowest BCUT2D eigenvalue weighted by Gasteiger charge is -2.24. The molecule has 16 heteroatoms. The number of anilines is 2. The summed E-state index contributed by atoms with van der Waals surface area (Å²) in [7, 11) is -4.18.